The molecule has 7 heteroatoms. The molecular formula is C14H9Cl2NO4. The van der Waals surface area contributed by atoms with E-state index in [0.717, 1.165) is 0 Å². The monoisotopic (exact) mass is 325 g/mol. The summed E-state index contributed by atoms with van der Waals surface area (Å²) in [5.41, 5.74) is 0.461. The van der Waals surface area contributed by atoms with E-state index in [9.17, 15) is 9.59 Å². The Bertz CT molecular complexity index is 676. The zero-order valence-electron chi connectivity index (χ0n) is 10.5. The maximum Gasteiger partial charge on any atom is 0.240 e. The van der Waals surface area contributed by atoms with Gasteiger partial charge in [-0.25, -0.2) is 4.90 Å². The predicted molar refractivity (Wildman–Crippen MR) is 73.3 cm³/mol. The SMILES string of the molecule is O=C1[C@@H]2[C@@H]3O[C@@H]([C@@H]4O[C@@H]43)[C@@H]2C(=O)N1c1ccc(Cl)c(Cl)c1. The largest absolute Gasteiger partial charge is 0.368 e. The molecule has 4 aliphatic heterocycles. The van der Waals surface area contributed by atoms with Gasteiger partial charge in [0.15, 0.2) is 0 Å². The zero-order chi connectivity index (χ0) is 14.5. The van der Waals surface area contributed by atoms with Crippen LogP contribution in [0.15, 0.2) is 18.2 Å². The van der Waals surface area contributed by atoms with Crippen molar-refractivity contribution >= 4 is 40.7 Å². The molecule has 1 aromatic rings. The summed E-state index contributed by atoms with van der Waals surface area (Å²) in [4.78, 5) is 26.5. The van der Waals surface area contributed by atoms with E-state index < -0.39 is 11.8 Å². The molecular weight excluding hydrogens is 317 g/mol. The summed E-state index contributed by atoms with van der Waals surface area (Å²) in [6.07, 6.45) is -0.591. The molecule has 0 saturated carbocycles. The van der Waals surface area contributed by atoms with Gasteiger partial charge in [-0.05, 0) is 18.2 Å². The number of ether oxygens (including phenoxy) is 2. The molecule has 0 unspecified atom stereocenters. The number of nitrogens with zero attached hydrogens (tertiary/aromatic N) is 1. The molecule has 2 bridgehead atoms. The van der Waals surface area contributed by atoms with Gasteiger partial charge < -0.3 is 9.47 Å². The van der Waals surface area contributed by atoms with Crippen molar-refractivity contribution in [3.63, 3.8) is 0 Å². The Morgan fingerprint density at radius 2 is 1.43 bits per heavy atom. The fourth-order valence-electron chi connectivity index (χ4n) is 3.86. The number of carbonyl (C=O) groups excluding carboxylic acids is 2. The number of carbonyl (C=O) groups is 2. The minimum atomic E-state index is -0.430. The van der Waals surface area contributed by atoms with Crippen LogP contribution in [0.25, 0.3) is 0 Å². The normalized spacial score (nSPS) is 42.5. The van der Waals surface area contributed by atoms with Crippen molar-refractivity contribution in [2.24, 2.45) is 11.8 Å². The van der Waals surface area contributed by atoms with Crippen LogP contribution >= 0.6 is 23.2 Å². The van der Waals surface area contributed by atoms with Crippen LogP contribution in [0.1, 0.15) is 0 Å². The van der Waals surface area contributed by atoms with Gasteiger partial charge in [-0.1, -0.05) is 23.2 Å². The van der Waals surface area contributed by atoms with Gasteiger partial charge >= 0.3 is 0 Å². The molecule has 6 atom stereocenters. The molecule has 0 radical (unpaired) electrons. The van der Waals surface area contributed by atoms with E-state index in [2.05, 4.69) is 0 Å². The highest BCUT2D eigenvalue weighted by molar-refractivity contribution is 6.42. The second kappa shape index (κ2) is 3.79. The lowest BCUT2D eigenvalue weighted by Gasteiger charge is -2.18. The number of hydrogen-bond acceptors (Lipinski definition) is 4. The second-order valence-corrected chi connectivity index (χ2v) is 6.61. The quantitative estimate of drug-likeness (QED) is 0.582. The van der Waals surface area contributed by atoms with Gasteiger partial charge in [-0.3, -0.25) is 9.59 Å². The molecule has 4 aliphatic rings. The first-order valence-corrected chi connectivity index (χ1v) is 7.47. The number of rotatable bonds is 1. The van der Waals surface area contributed by atoms with Gasteiger partial charge in [0, 0.05) is 0 Å². The summed E-state index contributed by atoms with van der Waals surface area (Å²) < 4.78 is 11.2. The maximum absolute atomic E-state index is 12.6. The number of fused-ring (bicyclic) bond motifs is 8. The number of anilines is 1. The fourth-order valence-corrected chi connectivity index (χ4v) is 4.15. The second-order valence-electron chi connectivity index (χ2n) is 5.79. The molecule has 5 rings (SSSR count). The van der Waals surface area contributed by atoms with Crippen LogP contribution in [-0.2, 0) is 19.1 Å². The molecule has 4 heterocycles. The lowest BCUT2D eigenvalue weighted by molar-refractivity contribution is -0.126. The van der Waals surface area contributed by atoms with Crippen LogP contribution in [0, 0.1) is 11.8 Å². The smallest absolute Gasteiger partial charge is 0.240 e. The van der Waals surface area contributed by atoms with Crippen LogP contribution in [0.4, 0.5) is 5.69 Å². The fraction of sp³-hybridized carbons (Fsp3) is 0.429. The summed E-state index contributed by atoms with van der Waals surface area (Å²) >= 11 is 11.9. The van der Waals surface area contributed by atoms with Crippen LogP contribution in [0.5, 0.6) is 0 Å². The number of amides is 2. The van der Waals surface area contributed by atoms with E-state index >= 15 is 0 Å². The number of benzene rings is 1. The standard InChI is InChI=1S/C14H9Cl2NO4/c15-5-2-1-4(3-6(5)16)17-13(18)7-8(14(17)19)10-12-11(21-12)9(7)20-10/h1-3,7-12H/t7-,8+,9-,10+,11+,12-. The summed E-state index contributed by atoms with van der Waals surface area (Å²) in [7, 11) is 0. The first-order valence-electron chi connectivity index (χ1n) is 6.72. The molecule has 0 N–H and O–H groups in total. The number of epoxide rings is 1. The Kier molecular flexibility index (Phi) is 2.24. The number of hydrogen-bond donors (Lipinski definition) is 0. The Morgan fingerprint density at radius 3 is 2.00 bits per heavy atom. The van der Waals surface area contributed by atoms with Crippen molar-refractivity contribution in [2.75, 3.05) is 4.90 Å². The van der Waals surface area contributed by atoms with Gasteiger partial charge in [0.2, 0.25) is 11.8 Å². The van der Waals surface area contributed by atoms with Crippen molar-refractivity contribution in [3.05, 3.63) is 28.2 Å². The number of imide groups is 1. The van der Waals surface area contributed by atoms with E-state index in [1.165, 1.54) is 4.90 Å². The van der Waals surface area contributed by atoms with E-state index in [1.807, 2.05) is 0 Å². The third kappa shape index (κ3) is 1.40. The van der Waals surface area contributed by atoms with Gasteiger partial charge in [-0.2, -0.15) is 0 Å². The van der Waals surface area contributed by atoms with Crippen molar-refractivity contribution < 1.29 is 19.1 Å². The first kappa shape index (κ1) is 12.4. The predicted octanol–water partition coefficient (Wildman–Crippen LogP) is 1.65. The molecule has 5 nitrogen and oxygen atoms in total. The zero-order valence-corrected chi connectivity index (χ0v) is 12.0. The van der Waals surface area contributed by atoms with E-state index in [4.69, 9.17) is 32.7 Å². The molecule has 0 spiro atoms. The van der Waals surface area contributed by atoms with Crippen molar-refractivity contribution in [2.45, 2.75) is 24.4 Å². The van der Waals surface area contributed by atoms with Crippen LogP contribution in [0.3, 0.4) is 0 Å². The lowest BCUT2D eigenvalue weighted by Crippen LogP contribution is -2.35. The van der Waals surface area contributed by atoms with Crippen molar-refractivity contribution in [3.8, 4) is 0 Å². The first-order chi connectivity index (χ1) is 10.1. The highest BCUT2D eigenvalue weighted by Crippen LogP contribution is 2.57. The summed E-state index contributed by atoms with van der Waals surface area (Å²) in [6.45, 7) is 0. The summed E-state index contributed by atoms with van der Waals surface area (Å²) in [6, 6.07) is 4.76. The van der Waals surface area contributed by atoms with Crippen LogP contribution < -0.4 is 4.90 Å². The molecule has 2 amide bonds. The minimum absolute atomic E-state index is 0.0123. The Morgan fingerprint density at radius 1 is 0.857 bits per heavy atom. The van der Waals surface area contributed by atoms with Gasteiger partial charge in [0.1, 0.15) is 12.2 Å². The third-order valence-corrected chi connectivity index (χ3v) is 5.53. The minimum Gasteiger partial charge on any atom is -0.368 e. The molecule has 4 saturated heterocycles. The van der Waals surface area contributed by atoms with Crippen LogP contribution in [0.2, 0.25) is 10.0 Å². The summed E-state index contributed by atoms with van der Waals surface area (Å²) in [5, 5.41) is 0.704. The van der Waals surface area contributed by atoms with Crippen molar-refractivity contribution in [1.29, 1.82) is 0 Å². The third-order valence-electron chi connectivity index (χ3n) is 4.79. The molecule has 0 aliphatic carbocycles. The highest BCUT2D eigenvalue weighted by atomic mass is 35.5. The van der Waals surface area contributed by atoms with Gasteiger partial charge in [0.25, 0.3) is 0 Å². The molecule has 108 valence electrons. The Balaban J connectivity index is 1.56. The van der Waals surface area contributed by atoms with E-state index in [0.29, 0.717) is 15.7 Å². The Hall–Kier alpha value is -1.14. The van der Waals surface area contributed by atoms with Gasteiger partial charge in [0.05, 0.1) is 39.8 Å². The maximum atomic E-state index is 12.6. The molecule has 0 aromatic heterocycles. The average molecular weight is 326 g/mol. The van der Waals surface area contributed by atoms with E-state index in [1.54, 1.807) is 18.2 Å². The van der Waals surface area contributed by atoms with E-state index in [-0.39, 0.29) is 36.2 Å². The molecule has 21 heavy (non-hydrogen) atoms. The lowest BCUT2D eigenvalue weighted by atomic mass is 9.81. The summed E-state index contributed by atoms with van der Waals surface area (Å²) in [5.74, 6) is -1.32. The molecule has 4 fully saturated rings. The highest BCUT2D eigenvalue weighted by Gasteiger charge is 2.75. The molecule has 1 aromatic carbocycles. The Labute approximate surface area is 129 Å². The van der Waals surface area contributed by atoms with Crippen molar-refractivity contribution in [1.82, 2.24) is 0 Å². The van der Waals surface area contributed by atoms with Crippen LogP contribution in [-0.4, -0.2) is 36.2 Å². The topological polar surface area (TPSA) is 59.1 Å². The average Bonchev–Trinajstić information content (AvgIpc) is 2.97. The van der Waals surface area contributed by atoms with Gasteiger partial charge in [-0.15, -0.1) is 0 Å². The number of halogens is 2.